The van der Waals surface area contributed by atoms with Crippen LogP contribution in [0.25, 0.3) is 11.1 Å². The van der Waals surface area contributed by atoms with E-state index < -0.39 is 0 Å². The SMILES string of the molecule is C=C1C(c2ccccc2)C(c2ccccc2)=C(C)C(c2ccccc2)=CN1C(=O)c1ccccc1. The van der Waals surface area contributed by atoms with Gasteiger partial charge in [-0.1, -0.05) is 116 Å². The quantitative estimate of drug-likeness (QED) is 0.307. The second-order valence-corrected chi connectivity index (χ2v) is 8.69. The minimum atomic E-state index is -0.191. The summed E-state index contributed by atoms with van der Waals surface area (Å²) in [6.45, 7) is 6.68. The molecule has 0 saturated heterocycles. The number of allylic oxidation sites excluding steroid dienone is 3. The molecule has 0 bridgehead atoms. The lowest BCUT2D eigenvalue weighted by molar-refractivity contribution is 0.0855. The van der Waals surface area contributed by atoms with E-state index in [0.29, 0.717) is 5.56 Å². The highest BCUT2D eigenvalue weighted by Gasteiger charge is 2.33. The van der Waals surface area contributed by atoms with Gasteiger partial charge < -0.3 is 0 Å². The molecule has 0 N–H and O–H groups in total. The van der Waals surface area contributed by atoms with E-state index in [2.05, 4.69) is 62.0 Å². The maximum atomic E-state index is 13.9. The van der Waals surface area contributed by atoms with Gasteiger partial charge >= 0.3 is 0 Å². The largest absolute Gasteiger partial charge is 0.287 e. The fraction of sp³-hybridized carbons (Fsp3) is 0.0606. The third-order valence-corrected chi connectivity index (χ3v) is 6.54. The lowest BCUT2D eigenvalue weighted by atomic mass is 9.80. The Morgan fingerprint density at radius 3 is 1.74 bits per heavy atom. The standard InChI is InChI=1S/C33H27NO/c1-24-30(26-15-7-3-8-16-26)23-34(33(35)29-21-13-6-14-22-29)25(2)32(28-19-11-5-12-20-28)31(24)27-17-9-4-10-18-27/h3-23,32H,2H2,1H3. The molecule has 5 rings (SSSR count). The molecule has 1 aliphatic rings. The van der Waals surface area contributed by atoms with E-state index in [1.54, 1.807) is 4.90 Å². The number of rotatable bonds is 4. The molecule has 0 radical (unpaired) electrons. The Hall–Kier alpha value is -4.43. The second-order valence-electron chi connectivity index (χ2n) is 8.69. The topological polar surface area (TPSA) is 20.3 Å². The number of carbonyl (C=O) groups excluding carboxylic acids is 1. The smallest absolute Gasteiger partial charge is 0.262 e. The van der Waals surface area contributed by atoms with Crippen LogP contribution in [0.5, 0.6) is 0 Å². The molecular weight excluding hydrogens is 426 g/mol. The predicted octanol–water partition coefficient (Wildman–Crippen LogP) is 7.95. The zero-order valence-electron chi connectivity index (χ0n) is 19.8. The van der Waals surface area contributed by atoms with Gasteiger partial charge in [0.2, 0.25) is 0 Å². The van der Waals surface area contributed by atoms with Gasteiger partial charge in [0, 0.05) is 29.0 Å². The van der Waals surface area contributed by atoms with Crippen LogP contribution in [0, 0.1) is 0 Å². The summed E-state index contributed by atoms with van der Waals surface area (Å²) in [6, 6.07) is 40.4. The van der Waals surface area contributed by atoms with E-state index in [0.717, 1.165) is 39.1 Å². The van der Waals surface area contributed by atoms with Crippen LogP contribution >= 0.6 is 0 Å². The first-order chi connectivity index (χ1) is 17.1. The molecule has 4 aromatic rings. The molecule has 0 saturated carbocycles. The van der Waals surface area contributed by atoms with Crippen LogP contribution in [0.3, 0.4) is 0 Å². The highest BCUT2D eigenvalue weighted by Crippen LogP contribution is 2.46. The molecule has 0 fully saturated rings. The van der Waals surface area contributed by atoms with Crippen molar-refractivity contribution in [2.24, 2.45) is 0 Å². The molecule has 35 heavy (non-hydrogen) atoms. The molecule has 1 amide bonds. The van der Waals surface area contributed by atoms with Crippen molar-refractivity contribution in [3.63, 3.8) is 0 Å². The second kappa shape index (κ2) is 9.82. The Kier molecular flexibility index (Phi) is 6.28. The number of hydrogen-bond acceptors (Lipinski definition) is 1. The number of hydrogen-bond donors (Lipinski definition) is 0. The van der Waals surface area contributed by atoms with Gasteiger partial charge in [0.15, 0.2) is 0 Å². The summed E-state index contributed by atoms with van der Waals surface area (Å²) in [4.78, 5) is 15.6. The molecule has 0 spiro atoms. The highest BCUT2D eigenvalue weighted by molar-refractivity contribution is 6.00. The van der Waals surface area contributed by atoms with Crippen molar-refractivity contribution in [3.05, 3.63) is 168 Å². The van der Waals surface area contributed by atoms with Crippen LogP contribution in [0.2, 0.25) is 0 Å². The number of nitrogens with zero attached hydrogens (tertiary/aromatic N) is 1. The van der Waals surface area contributed by atoms with Crippen molar-refractivity contribution in [2.75, 3.05) is 0 Å². The minimum Gasteiger partial charge on any atom is -0.287 e. The maximum absolute atomic E-state index is 13.9. The van der Waals surface area contributed by atoms with Gasteiger partial charge in [0.05, 0.1) is 0 Å². The van der Waals surface area contributed by atoms with Crippen LogP contribution in [0.1, 0.15) is 39.9 Å². The van der Waals surface area contributed by atoms with Crippen molar-refractivity contribution in [1.29, 1.82) is 0 Å². The zero-order chi connectivity index (χ0) is 24.2. The molecule has 1 aliphatic heterocycles. The van der Waals surface area contributed by atoms with E-state index in [1.165, 1.54) is 0 Å². The molecule has 0 aromatic heterocycles. The molecule has 2 nitrogen and oxygen atoms in total. The molecule has 4 aromatic carbocycles. The zero-order valence-corrected chi connectivity index (χ0v) is 19.8. The molecule has 0 aliphatic carbocycles. The molecule has 1 atom stereocenters. The fourth-order valence-electron chi connectivity index (χ4n) is 4.80. The third kappa shape index (κ3) is 4.39. The van der Waals surface area contributed by atoms with E-state index >= 15 is 0 Å². The van der Waals surface area contributed by atoms with Crippen molar-refractivity contribution >= 4 is 17.1 Å². The molecular formula is C33H27NO. The van der Waals surface area contributed by atoms with E-state index in [-0.39, 0.29) is 11.8 Å². The van der Waals surface area contributed by atoms with Gasteiger partial charge in [-0.25, -0.2) is 0 Å². The first kappa shape index (κ1) is 22.4. The van der Waals surface area contributed by atoms with Crippen LogP contribution < -0.4 is 0 Å². The first-order valence-electron chi connectivity index (χ1n) is 11.8. The molecule has 2 heteroatoms. The average molecular weight is 454 g/mol. The summed E-state index contributed by atoms with van der Waals surface area (Å²) in [5, 5.41) is 0. The summed E-state index contributed by atoms with van der Waals surface area (Å²) in [5.41, 5.74) is 7.93. The Bertz CT molecular complexity index is 1400. The summed E-state index contributed by atoms with van der Waals surface area (Å²) in [5.74, 6) is -0.282. The Balaban J connectivity index is 1.78. The van der Waals surface area contributed by atoms with Crippen molar-refractivity contribution in [1.82, 2.24) is 4.90 Å². The van der Waals surface area contributed by atoms with Gasteiger partial charge in [-0.3, -0.25) is 9.69 Å². The van der Waals surface area contributed by atoms with Crippen LogP contribution in [-0.2, 0) is 0 Å². The van der Waals surface area contributed by atoms with Gasteiger partial charge in [-0.2, -0.15) is 0 Å². The predicted molar refractivity (Wildman–Crippen MR) is 144 cm³/mol. The number of benzene rings is 4. The minimum absolute atomic E-state index is 0.0907. The summed E-state index contributed by atoms with van der Waals surface area (Å²) >= 11 is 0. The summed E-state index contributed by atoms with van der Waals surface area (Å²) in [7, 11) is 0. The Labute approximate surface area is 207 Å². The van der Waals surface area contributed by atoms with E-state index in [9.17, 15) is 4.79 Å². The maximum Gasteiger partial charge on any atom is 0.262 e. The monoisotopic (exact) mass is 453 g/mol. The average Bonchev–Trinajstić information content (AvgIpc) is 3.04. The summed E-state index contributed by atoms with van der Waals surface area (Å²) in [6.07, 6.45) is 1.97. The van der Waals surface area contributed by atoms with Crippen LogP contribution in [0.4, 0.5) is 0 Å². The highest BCUT2D eigenvalue weighted by atomic mass is 16.2. The van der Waals surface area contributed by atoms with Gasteiger partial charge in [-0.05, 0) is 46.9 Å². The van der Waals surface area contributed by atoms with Crippen molar-refractivity contribution < 1.29 is 4.79 Å². The lowest BCUT2D eigenvalue weighted by Gasteiger charge is -2.29. The van der Waals surface area contributed by atoms with E-state index in [1.807, 2.05) is 79.0 Å². The molecule has 1 heterocycles. The normalized spacial score (nSPS) is 16.0. The third-order valence-electron chi connectivity index (χ3n) is 6.54. The van der Waals surface area contributed by atoms with Crippen molar-refractivity contribution in [2.45, 2.75) is 12.8 Å². The Morgan fingerprint density at radius 1 is 0.686 bits per heavy atom. The fourth-order valence-corrected chi connectivity index (χ4v) is 4.80. The van der Waals surface area contributed by atoms with Gasteiger partial charge in [0.1, 0.15) is 0 Å². The van der Waals surface area contributed by atoms with Crippen molar-refractivity contribution in [3.8, 4) is 0 Å². The van der Waals surface area contributed by atoms with Gasteiger partial charge in [0.25, 0.3) is 5.91 Å². The first-order valence-corrected chi connectivity index (χ1v) is 11.8. The Morgan fingerprint density at radius 2 is 1.17 bits per heavy atom. The lowest BCUT2D eigenvalue weighted by Crippen LogP contribution is -2.27. The number of carbonyl (C=O) groups is 1. The number of amides is 1. The van der Waals surface area contributed by atoms with Crippen LogP contribution in [0.15, 0.2) is 145 Å². The summed E-state index contributed by atoms with van der Waals surface area (Å²) < 4.78 is 0. The molecule has 170 valence electrons. The van der Waals surface area contributed by atoms with Crippen LogP contribution in [-0.4, -0.2) is 10.8 Å². The molecule has 1 unspecified atom stereocenters. The van der Waals surface area contributed by atoms with Gasteiger partial charge in [-0.15, -0.1) is 0 Å². The van der Waals surface area contributed by atoms with E-state index in [4.69, 9.17) is 0 Å².